The fourth-order valence-corrected chi connectivity index (χ4v) is 1.82. The molecule has 0 aliphatic heterocycles. The minimum absolute atomic E-state index is 0.343. The van der Waals surface area contributed by atoms with Crippen LogP contribution in [0.15, 0.2) is 11.6 Å². The molecule has 3 heteroatoms. The summed E-state index contributed by atoms with van der Waals surface area (Å²) in [6.07, 6.45) is 7.43. The monoisotopic (exact) mass is 183 g/mol. The Kier molecular flexibility index (Phi) is 4.42. The number of nitrogens with two attached hydrogens (primary N) is 1. The highest BCUT2D eigenvalue weighted by atomic mass is 15.3. The molecule has 0 spiro atoms. The Labute approximate surface area is 80.9 Å². The Morgan fingerprint density at radius 2 is 2.31 bits per heavy atom. The molecule has 1 atom stereocenters. The fraction of sp³-hybridized carbons (Fsp3) is 0.800. The van der Waals surface area contributed by atoms with Gasteiger partial charge in [0.2, 0.25) is 0 Å². The average molecular weight is 183 g/mol. The molecule has 3 N–H and O–H groups in total. The van der Waals surface area contributed by atoms with Gasteiger partial charge < -0.3 is 4.90 Å². The van der Waals surface area contributed by atoms with E-state index in [0.717, 1.165) is 6.54 Å². The molecule has 0 amide bonds. The zero-order valence-electron chi connectivity index (χ0n) is 8.71. The zero-order chi connectivity index (χ0) is 9.68. The lowest BCUT2D eigenvalue weighted by Gasteiger charge is -2.25. The Balaban J connectivity index is 2.49. The van der Waals surface area contributed by atoms with Crippen LogP contribution in [0.25, 0.3) is 0 Å². The van der Waals surface area contributed by atoms with Gasteiger partial charge in [0.1, 0.15) is 0 Å². The van der Waals surface area contributed by atoms with Gasteiger partial charge in [-0.05, 0) is 39.8 Å². The zero-order valence-corrected chi connectivity index (χ0v) is 8.71. The molecule has 1 rings (SSSR count). The SMILES string of the molecule is CN(C)CC(NN)C1=CCCCC1. The lowest BCUT2D eigenvalue weighted by atomic mass is 9.94. The normalized spacial score (nSPS) is 20.2. The Morgan fingerprint density at radius 1 is 1.54 bits per heavy atom. The molecule has 0 aromatic rings. The minimum atomic E-state index is 0.343. The van der Waals surface area contributed by atoms with Crippen LogP contribution >= 0.6 is 0 Å². The summed E-state index contributed by atoms with van der Waals surface area (Å²) < 4.78 is 0. The standard InChI is InChI=1S/C10H21N3/c1-13(2)8-10(12-11)9-6-4-3-5-7-9/h6,10,12H,3-5,7-8,11H2,1-2H3. The van der Waals surface area contributed by atoms with Gasteiger partial charge in [-0.2, -0.15) is 0 Å². The molecule has 0 radical (unpaired) electrons. The number of allylic oxidation sites excluding steroid dienone is 1. The lowest BCUT2D eigenvalue weighted by molar-refractivity contribution is 0.355. The third-order valence-corrected chi connectivity index (χ3v) is 2.52. The van der Waals surface area contributed by atoms with Gasteiger partial charge in [-0.25, -0.2) is 0 Å². The number of hydrazine groups is 1. The number of hydrogen-bond acceptors (Lipinski definition) is 3. The van der Waals surface area contributed by atoms with E-state index in [1.165, 1.54) is 31.3 Å². The van der Waals surface area contributed by atoms with Crippen molar-refractivity contribution in [3.8, 4) is 0 Å². The van der Waals surface area contributed by atoms with Crippen LogP contribution in [0, 0.1) is 0 Å². The Bertz CT molecular complexity index is 175. The minimum Gasteiger partial charge on any atom is -0.307 e. The third kappa shape index (κ3) is 3.46. The van der Waals surface area contributed by atoms with Crippen LogP contribution in [0.3, 0.4) is 0 Å². The van der Waals surface area contributed by atoms with Gasteiger partial charge in [-0.15, -0.1) is 0 Å². The van der Waals surface area contributed by atoms with E-state index >= 15 is 0 Å². The highest BCUT2D eigenvalue weighted by Gasteiger charge is 2.14. The van der Waals surface area contributed by atoms with Crippen molar-refractivity contribution in [1.29, 1.82) is 0 Å². The van der Waals surface area contributed by atoms with Crippen LogP contribution in [0.2, 0.25) is 0 Å². The Morgan fingerprint density at radius 3 is 2.77 bits per heavy atom. The summed E-state index contributed by atoms with van der Waals surface area (Å²) in [5.41, 5.74) is 4.38. The van der Waals surface area contributed by atoms with Gasteiger partial charge in [-0.1, -0.05) is 11.6 Å². The van der Waals surface area contributed by atoms with Crippen LogP contribution in [-0.4, -0.2) is 31.6 Å². The number of rotatable bonds is 4. The first-order chi connectivity index (χ1) is 6.24. The van der Waals surface area contributed by atoms with E-state index in [-0.39, 0.29) is 0 Å². The van der Waals surface area contributed by atoms with Crippen molar-refractivity contribution in [2.75, 3.05) is 20.6 Å². The predicted molar refractivity (Wildman–Crippen MR) is 56.2 cm³/mol. The fourth-order valence-electron chi connectivity index (χ4n) is 1.82. The second-order valence-corrected chi connectivity index (χ2v) is 4.01. The van der Waals surface area contributed by atoms with Crippen molar-refractivity contribution in [3.05, 3.63) is 11.6 Å². The van der Waals surface area contributed by atoms with Crippen molar-refractivity contribution < 1.29 is 0 Å². The summed E-state index contributed by atoms with van der Waals surface area (Å²) in [4.78, 5) is 2.17. The molecule has 1 unspecified atom stereocenters. The molecular weight excluding hydrogens is 162 g/mol. The van der Waals surface area contributed by atoms with Gasteiger partial charge in [0.15, 0.2) is 0 Å². The highest BCUT2D eigenvalue weighted by molar-refractivity contribution is 5.13. The first kappa shape index (κ1) is 10.7. The molecule has 0 bridgehead atoms. The topological polar surface area (TPSA) is 41.3 Å². The molecule has 0 heterocycles. The second-order valence-electron chi connectivity index (χ2n) is 4.01. The van der Waals surface area contributed by atoms with Gasteiger partial charge in [0, 0.05) is 6.54 Å². The van der Waals surface area contributed by atoms with E-state index in [1.807, 2.05) is 0 Å². The number of nitrogens with one attached hydrogen (secondary N) is 1. The third-order valence-electron chi connectivity index (χ3n) is 2.52. The predicted octanol–water partition coefficient (Wildman–Crippen LogP) is 0.880. The molecule has 0 saturated carbocycles. The summed E-state index contributed by atoms with van der Waals surface area (Å²) in [6, 6.07) is 0.343. The van der Waals surface area contributed by atoms with Crippen LogP contribution in [0.5, 0.6) is 0 Å². The molecule has 13 heavy (non-hydrogen) atoms. The van der Waals surface area contributed by atoms with E-state index in [1.54, 1.807) is 0 Å². The number of likely N-dealkylation sites (N-methyl/N-ethyl adjacent to an activating group) is 1. The van der Waals surface area contributed by atoms with Crippen molar-refractivity contribution in [3.63, 3.8) is 0 Å². The smallest absolute Gasteiger partial charge is 0.0546 e. The van der Waals surface area contributed by atoms with Crippen molar-refractivity contribution in [2.45, 2.75) is 31.7 Å². The summed E-state index contributed by atoms with van der Waals surface area (Å²) in [5.74, 6) is 5.53. The quantitative estimate of drug-likeness (QED) is 0.386. The van der Waals surface area contributed by atoms with Crippen molar-refractivity contribution in [2.24, 2.45) is 5.84 Å². The molecule has 1 aliphatic rings. The maximum Gasteiger partial charge on any atom is 0.0546 e. The van der Waals surface area contributed by atoms with Crippen LogP contribution in [0.1, 0.15) is 25.7 Å². The molecular formula is C10H21N3. The molecule has 3 nitrogen and oxygen atoms in total. The highest BCUT2D eigenvalue weighted by Crippen LogP contribution is 2.20. The number of nitrogens with zero attached hydrogens (tertiary/aromatic N) is 1. The van der Waals surface area contributed by atoms with E-state index < -0.39 is 0 Å². The van der Waals surface area contributed by atoms with Gasteiger partial charge in [-0.3, -0.25) is 11.3 Å². The summed E-state index contributed by atoms with van der Waals surface area (Å²) >= 11 is 0. The molecule has 0 saturated heterocycles. The van der Waals surface area contributed by atoms with Crippen LogP contribution in [-0.2, 0) is 0 Å². The average Bonchev–Trinajstić information content (AvgIpc) is 2.15. The molecule has 76 valence electrons. The summed E-state index contributed by atoms with van der Waals surface area (Å²) in [7, 11) is 4.15. The maximum atomic E-state index is 5.53. The first-order valence-corrected chi connectivity index (χ1v) is 5.04. The molecule has 0 aromatic carbocycles. The van der Waals surface area contributed by atoms with E-state index in [4.69, 9.17) is 5.84 Å². The maximum absolute atomic E-state index is 5.53. The summed E-state index contributed by atoms with van der Waals surface area (Å²) in [6.45, 7) is 0.988. The second kappa shape index (κ2) is 5.37. The first-order valence-electron chi connectivity index (χ1n) is 5.04. The van der Waals surface area contributed by atoms with E-state index in [2.05, 4.69) is 30.5 Å². The van der Waals surface area contributed by atoms with E-state index in [9.17, 15) is 0 Å². The Hall–Kier alpha value is -0.380. The van der Waals surface area contributed by atoms with Crippen molar-refractivity contribution in [1.82, 2.24) is 10.3 Å². The lowest BCUT2D eigenvalue weighted by Crippen LogP contribution is -2.43. The summed E-state index contributed by atoms with van der Waals surface area (Å²) in [5, 5.41) is 0. The number of hydrogen-bond donors (Lipinski definition) is 2. The van der Waals surface area contributed by atoms with E-state index in [0.29, 0.717) is 6.04 Å². The van der Waals surface area contributed by atoms with Gasteiger partial charge in [0.05, 0.1) is 6.04 Å². The van der Waals surface area contributed by atoms with Crippen LogP contribution in [0.4, 0.5) is 0 Å². The molecule has 1 aliphatic carbocycles. The van der Waals surface area contributed by atoms with Gasteiger partial charge >= 0.3 is 0 Å². The van der Waals surface area contributed by atoms with Gasteiger partial charge in [0.25, 0.3) is 0 Å². The van der Waals surface area contributed by atoms with Crippen LogP contribution < -0.4 is 11.3 Å². The largest absolute Gasteiger partial charge is 0.307 e. The molecule has 0 fully saturated rings. The van der Waals surface area contributed by atoms with Crippen molar-refractivity contribution >= 4 is 0 Å². The molecule has 0 aromatic heterocycles.